The van der Waals surface area contributed by atoms with Gasteiger partial charge in [-0.15, -0.1) is 0 Å². The van der Waals surface area contributed by atoms with Gasteiger partial charge >= 0.3 is 7.82 Å². The minimum Gasteiger partial charge on any atom is -0.330 e. The lowest BCUT2D eigenvalue weighted by atomic mass is 10.1. The SMILES string of the molecule is CCCCCCCC/C=C\CCCCCCCCNCCCN.CCCCCCCCCCCCCOP(=O)(O)O. The highest BCUT2D eigenvalue weighted by Gasteiger charge is 2.12. The van der Waals surface area contributed by atoms with E-state index in [-0.39, 0.29) is 6.61 Å². The molecule has 0 aliphatic heterocycles. The maximum Gasteiger partial charge on any atom is 0.469 e. The monoisotopic (exact) mass is 605 g/mol. The molecule has 0 aromatic rings. The zero-order valence-corrected chi connectivity index (χ0v) is 28.5. The van der Waals surface area contributed by atoms with E-state index in [4.69, 9.17) is 15.5 Å². The predicted molar refractivity (Wildman–Crippen MR) is 180 cm³/mol. The molecule has 0 aliphatic rings. The van der Waals surface area contributed by atoms with E-state index in [9.17, 15) is 4.57 Å². The summed E-state index contributed by atoms with van der Waals surface area (Å²) < 4.78 is 14.8. The third-order valence-corrected chi connectivity index (χ3v) is 7.95. The Kier molecular flexibility index (Phi) is 39.5. The Morgan fingerprint density at radius 1 is 0.561 bits per heavy atom. The average molecular weight is 605 g/mol. The number of allylic oxidation sites excluding steroid dienone is 2. The normalized spacial score (nSPS) is 11.7. The minimum absolute atomic E-state index is 0.168. The molecule has 248 valence electrons. The van der Waals surface area contributed by atoms with Crippen LogP contribution in [0, 0.1) is 0 Å². The smallest absolute Gasteiger partial charge is 0.330 e. The number of rotatable bonds is 32. The van der Waals surface area contributed by atoms with Gasteiger partial charge in [-0.2, -0.15) is 0 Å². The van der Waals surface area contributed by atoms with Gasteiger partial charge in [0, 0.05) is 0 Å². The fourth-order valence-electron chi connectivity index (χ4n) is 4.80. The van der Waals surface area contributed by atoms with Crippen LogP contribution in [0.15, 0.2) is 12.2 Å². The van der Waals surface area contributed by atoms with Crippen LogP contribution in [0.4, 0.5) is 0 Å². The van der Waals surface area contributed by atoms with Crippen LogP contribution in [0.1, 0.15) is 181 Å². The van der Waals surface area contributed by atoms with E-state index in [0.717, 1.165) is 38.8 Å². The average Bonchev–Trinajstić information content (AvgIpc) is 2.94. The zero-order chi connectivity index (χ0) is 30.5. The van der Waals surface area contributed by atoms with Crippen molar-refractivity contribution in [1.29, 1.82) is 0 Å². The zero-order valence-electron chi connectivity index (χ0n) is 27.6. The Morgan fingerprint density at radius 2 is 0.927 bits per heavy atom. The number of unbranched alkanes of at least 4 members (excludes halogenated alkanes) is 22. The van der Waals surface area contributed by atoms with Crippen molar-refractivity contribution in [2.24, 2.45) is 5.73 Å². The molecule has 0 heterocycles. The molecule has 0 amide bonds. The lowest BCUT2D eigenvalue weighted by Crippen LogP contribution is -2.19. The molecule has 7 heteroatoms. The Bertz CT molecular complexity index is 543. The van der Waals surface area contributed by atoms with Crippen molar-refractivity contribution < 1.29 is 18.9 Å². The molecule has 0 atom stereocenters. The van der Waals surface area contributed by atoms with E-state index < -0.39 is 7.82 Å². The van der Waals surface area contributed by atoms with Gasteiger partial charge < -0.3 is 20.8 Å². The molecule has 0 aromatic heterocycles. The largest absolute Gasteiger partial charge is 0.469 e. The van der Waals surface area contributed by atoms with Gasteiger partial charge in [-0.1, -0.05) is 148 Å². The number of hydrogen-bond acceptors (Lipinski definition) is 4. The van der Waals surface area contributed by atoms with Crippen LogP contribution in [0.25, 0.3) is 0 Å². The van der Waals surface area contributed by atoms with Crippen molar-refractivity contribution in [3.8, 4) is 0 Å². The molecule has 0 bridgehead atoms. The van der Waals surface area contributed by atoms with Gasteiger partial charge in [-0.05, 0) is 64.6 Å². The molecule has 6 nitrogen and oxygen atoms in total. The van der Waals surface area contributed by atoms with Crippen molar-refractivity contribution in [1.82, 2.24) is 5.32 Å². The van der Waals surface area contributed by atoms with E-state index >= 15 is 0 Å². The third-order valence-electron chi connectivity index (χ3n) is 7.43. The molecule has 0 spiro atoms. The maximum absolute atomic E-state index is 10.4. The maximum atomic E-state index is 10.4. The van der Waals surface area contributed by atoms with Crippen LogP contribution in [-0.4, -0.2) is 36.0 Å². The van der Waals surface area contributed by atoms with Gasteiger partial charge in [0.2, 0.25) is 0 Å². The summed E-state index contributed by atoms with van der Waals surface area (Å²) in [7, 11) is -4.25. The molecule has 0 rings (SSSR count). The van der Waals surface area contributed by atoms with Crippen molar-refractivity contribution in [2.75, 3.05) is 26.2 Å². The number of phosphoric acid groups is 1. The second-order valence-corrected chi connectivity index (χ2v) is 12.9. The van der Waals surface area contributed by atoms with Crippen molar-refractivity contribution in [3.63, 3.8) is 0 Å². The van der Waals surface area contributed by atoms with Crippen LogP contribution < -0.4 is 11.1 Å². The van der Waals surface area contributed by atoms with E-state index in [1.807, 2.05) is 0 Å². The molecule has 5 N–H and O–H groups in total. The van der Waals surface area contributed by atoms with Gasteiger partial charge in [-0.25, -0.2) is 4.57 Å². The Morgan fingerprint density at radius 3 is 1.34 bits per heavy atom. The number of nitrogens with one attached hydrogen (secondary N) is 1. The van der Waals surface area contributed by atoms with E-state index in [1.165, 1.54) is 148 Å². The highest BCUT2D eigenvalue weighted by Crippen LogP contribution is 2.35. The second kappa shape index (κ2) is 37.8. The first kappa shape index (κ1) is 42.9. The Labute approximate surface area is 256 Å². The Balaban J connectivity index is 0. The molecule has 0 saturated carbocycles. The molecule has 0 radical (unpaired) electrons. The van der Waals surface area contributed by atoms with Crippen LogP contribution in [-0.2, 0) is 9.09 Å². The number of phosphoric ester groups is 1. The van der Waals surface area contributed by atoms with E-state index in [0.29, 0.717) is 0 Å². The predicted octanol–water partition coefficient (Wildman–Crippen LogP) is 10.4. The van der Waals surface area contributed by atoms with Crippen molar-refractivity contribution >= 4 is 7.82 Å². The highest BCUT2D eigenvalue weighted by atomic mass is 31.2. The summed E-state index contributed by atoms with van der Waals surface area (Å²) in [6.45, 7) is 7.74. The van der Waals surface area contributed by atoms with Gasteiger partial charge in [0.05, 0.1) is 6.61 Å². The van der Waals surface area contributed by atoms with Gasteiger partial charge in [0.25, 0.3) is 0 Å². The number of nitrogens with two attached hydrogens (primary N) is 1. The fraction of sp³-hybridized carbons (Fsp3) is 0.941. The van der Waals surface area contributed by atoms with Crippen LogP contribution in [0.5, 0.6) is 0 Å². The highest BCUT2D eigenvalue weighted by molar-refractivity contribution is 7.46. The molecular weight excluding hydrogens is 531 g/mol. The first-order valence-electron chi connectivity index (χ1n) is 17.7. The molecule has 0 fully saturated rings. The molecule has 41 heavy (non-hydrogen) atoms. The molecule has 0 saturated heterocycles. The van der Waals surface area contributed by atoms with Crippen molar-refractivity contribution in [3.05, 3.63) is 12.2 Å². The summed E-state index contributed by atoms with van der Waals surface area (Å²) in [5.41, 5.74) is 5.46. The van der Waals surface area contributed by atoms with Crippen LogP contribution in [0.3, 0.4) is 0 Å². The third kappa shape index (κ3) is 46.9. The lowest BCUT2D eigenvalue weighted by Gasteiger charge is -2.05. The first-order chi connectivity index (χ1) is 20.0. The van der Waals surface area contributed by atoms with Gasteiger partial charge in [0.1, 0.15) is 0 Å². The summed E-state index contributed by atoms with van der Waals surface area (Å²) in [4.78, 5) is 16.9. The minimum atomic E-state index is -4.25. The summed E-state index contributed by atoms with van der Waals surface area (Å²) in [6, 6.07) is 0. The summed E-state index contributed by atoms with van der Waals surface area (Å²) >= 11 is 0. The van der Waals surface area contributed by atoms with Crippen molar-refractivity contribution in [2.45, 2.75) is 181 Å². The topological polar surface area (TPSA) is 105 Å². The van der Waals surface area contributed by atoms with E-state index in [1.54, 1.807) is 0 Å². The quantitative estimate of drug-likeness (QED) is 0.0346. The Hall–Kier alpha value is -0.230. The van der Waals surface area contributed by atoms with Crippen LogP contribution in [0.2, 0.25) is 0 Å². The summed E-state index contributed by atoms with van der Waals surface area (Å²) in [5.74, 6) is 0. The fourth-order valence-corrected chi connectivity index (χ4v) is 5.17. The standard InChI is InChI=1S/C21H44N2.C13H29O4P/c1-2-3-4-5-6-7-8-9-10-11-12-13-14-15-16-17-20-23-21-18-19-22;1-2-3-4-5-6-7-8-9-10-11-12-13-17-18(14,15)16/h9-10,23H,2-8,11-22H2,1H3;2-13H2,1H3,(H2,14,15,16)/b10-9-;. The summed E-state index contributed by atoms with van der Waals surface area (Å²) in [5, 5.41) is 3.45. The molecule has 0 aromatic carbocycles. The molecular formula is C34H73N2O4P. The first-order valence-corrected chi connectivity index (χ1v) is 19.3. The van der Waals surface area contributed by atoms with Crippen LogP contribution >= 0.6 is 7.82 Å². The number of hydrogen-bond donors (Lipinski definition) is 4. The van der Waals surface area contributed by atoms with E-state index in [2.05, 4.69) is 35.8 Å². The molecule has 0 aliphatic carbocycles. The lowest BCUT2D eigenvalue weighted by molar-refractivity contribution is 0.193. The summed E-state index contributed by atoms with van der Waals surface area (Å²) in [6.07, 6.45) is 38.7. The van der Waals surface area contributed by atoms with Gasteiger partial charge in [0.15, 0.2) is 0 Å². The van der Waals surface area contributed by atoms with Gasteiger partial charge in [-0.3, -0.25) is 4.52 Å². The molecule has 0 unspecified atom stereocenters. The second-order valence-electron chi connectivity index (χ2n) is 11.7.